The summed E-state index contributed by atoms with van der Waals surface area (Å²) in [5, 5.41) is 7.74. The number of aromatic nitrogens is 3. The fourth-order valence-electron chi connectivity index (χ4n) is 2.52. The number of carbonyl (C=O) groups excluding carboxylic acids is 1. The lowest BCUT2D eigenvalue weighted by atomic mass is 10.2. The molecule has 0 spiro atoms. The van der Waals surface area contributed by atoms with Crippen molar-refractivity contribution in [1.82, 2.24) is 14.8 Å². The average molecular weight is 360 g/mol. The van der Waals surface area contributed by atoms with Crippen molar-refractivity contribution in [3.8, 4) is 5.69 Å². The van der Waals surface area contributed by atoms with E-state index >= 15 is 0 Å². The number of pyridine rings is 1. The molecule has 0 unspecified atom stereocenters. The first kappa shape index (κ1) is 17.7. The van der Waals surface area contributed by atoms with Crippen LogP contribution in [0.1, 0.15) is 18.2 Å². The van der Waals surface area contributed by atoms with Gasteiger partial charge in [-0.3, -0.25) is 4.79 Å². The molecule has 2 aromatic heterocycles. The molecule has 0 atom stereocenters. The van der Waals surface area contributed by atoms with Crippen molar-refractivity contribution >= 4 is 22.6 Å². The number of carbonyl (C=O) groups is 1. The molecule has 0 saturated heterocycles. The van der Waals surface area contributed by atoms with E-state index in [0.29, 0.717) is 28.1 Å². The van der Waals surface area contributed by atoms with Crippen LogP contribution in [0.15, 0.2) is 48.7 Å². The summed E-state index contributed by atoms with van der Waals surface area (Å²) in [6, 6.07) is 6.43. The standard InChI is InChI=1S/C18H15F3N4O/c1-3-4-16(26)23-13-9-15-11(2)24-25(17(15)22-10-13)14-7-5-12(6-8-14)18(19,20)21/h3-10H,1-2H3,(H,23,26)/b4-3+. The van der Waals surface area contributed by atoms with Gasteiger partial charge >= 0.3 is 6.18 Å². The van der Waals surface area contributed by atoms with Crippen molar-refractivity contribution in [1.29, 1.82) is 0 Å². The largest absolute Gasteiger partial charge is 0.416 e. The van der Waals surface area contributed by atoms with Crippen LogP contribution in [0.3, 0.4) is 0 Å². The van der Waals surface area contributed by atoms with Crippen LogP contribution >= 0.6 is 0 Å². The highest BCUT2D eigenvalue weighted by molar-refractivity contribution is 6.00. The molecule has 0 radical (unpaired) electrons. The molecular formula is C18H15F3N4O. The van der Waals surface area contributed by atoms with Gasteiger partial charge in [-0.05, 0) is 50.3 Å². The number of hydrogen-bond donors (Lipinski definition) is 1. The highest BCUT2D eigenvalue weighted by atomic mass is 19.4. The Morgan fingerprint density at radius 3 is 2.54 bits per heavy atom. The van der Waals surface area contributed by atoms with Crippen molar-refractivity contribution in [2.75, 3.05) is 5.32 Å². The number of allylic oxidation sites excluding steroid dienone is 1. The Morgan fingerprint density at radius 2 is 1.92 bits per heavy atom. The van der Waals surface area contributed by atoms with Crippen LogP contribution in [-0.2, 0) is 11.0 Å². The molecule has 3 rings (SSSR count). The van der Waals surface area contributed by atoms with Crippen molar-refractivity contribution in [2.24, 2.45) is 0 Å². The minimum Gasteiger partial charge on any atom is -0.321 e. The molecular weight excluding hydrogens is 345 g/mol. The second-order valence-electron chi connectivity index (χ2n) is 5.63. The maximum Gasteiger partial charge on any atom is 0.416 e. The fourth-order valence-corrected chi connectivity index (χ4v) is 2.52. The summed E-state index contributed by atoms with van der Waals surface area (Å²) < 4.78 is 39.6. The molecule has 2 heterocycles. The van der Waals surface area contributed by atoms with Crippen molar-refractivity contribution in [3.63, 3.8) is 0 Å². The van der Waals surface area contributed by atoms with Crippen LogP contribution < -0.4 is 5.32 Å². The van der Waals surface area contributed by atoms with Gasteiger partial charge in [0.2, 0.25) is 5.91 Å². The first-order valence-corrected chi connectivity index (χ1v) is 7.76. The van der Waals surface area contributed by atoms with Gasteiger partial charge in [-0.1, -0.05) is 6.08 Å². The number of halogens is 3. The lowest BCUT2D eigenvalue weighted by Gasteiger charge is -2.08. The zero-order chi connectivity index (χ0) is 18.9. The normalized spacial score (nSPS) is 12.0. The van der Waals surface area contributed by atoms with Gasteiger partial charge < -0.3 is 5.32 Å². The van der Waals surface area contributed by atoms with E-state index < -0.39 is 11.7 Å². The number of hydrogen-bond acceptors (Lipinski definition) is 3. The Morgan fingerprint density at radius 1 is 1.23 bits per heavy atom. The van der Waals surface area contributed by atoms with Gasteiger partial charge in [0.05, 0.1) is 28.8 Å². The number of aryl methyl sites for hydroxylation is 1. The number of fused-ring (bicyclic) bond motifs is 1. The zero-order valence-corrected chi connectivity index (χ0v) is 14.0. The molecule has 26 heavy (non-hydrogen) atoms. The highest BCUT2D eigenvalue weighted by Gasteiger charge is 2.30. The van der Waals surface area contributed by atoms with Crippen LogP contribution in [0.4, 0.5) is 18.9 Å². The molecule has 1 amide bonds. The summed E-state index contributed by atoms with van der Waals surface area (Å²) in [6.45, 7) is 3.50. The summed E-state index contributed by atoms with van der Waals surface area (Å²) in [6.07, 6.45) is 0.0994. The summed E-state index contributed by atoms with van der Waals surface area (Å²) in [7, 11) is 0. The predicted molar refractivity (Wildman–Crippen MR) is 92.0 cm³/mol. The quantitative estimate of drug-likeness (QED) is 0.710. The first-order chi connectivity index (χ1) is 12.3. The topological polar surface area (TPSA) is 59.8 Å². The third kappa shape index (κ3) is 3.44. The van der Waals surface area contributed by atoms with Crippen LogP contribution in [-0.4, -0.2) is 20.7 Å². The van der Waals surface area contributed by atoms with E-state index in [0.717, 1.165) is 12.1 Å². The van der Waals surface area contributed by atoms with E-state index in [-0.39, 0.29) is 5.91 Å². The Kier molecular flexibility index (Phi) is 4.50. The number of nitrogens with zero attached hydrogens (tertiary/aromatic N) is 3. The van der Waals surface area contributed by atoms with E-state index in [1.165, 1.54) is 29.1 Å². The number of amides is 1. The summed E-state index contributed by atoms with van der Waals surface area (Å²) in [4.78, 5) is 15.9. The lowest BCUT2D eigenvalue weighted by molar-refractivity contribution is -0.137. The molecule has 0 aliphatic heterocycles. The maximum atomic E-state index is 12.7. The monoisotopic (exact) mass is 360 g/mol. The van der Waals surface area contributed by atoms with Crippen molar-refractivity contribution < 1.29 is 18.0 Å². The molecule has 0 bridgehead atoms. The number of benzene rings is 1. The van der Waals surface area contributed by atoms with Crippen molar-refractivity contribution in [3.05, 3.63) is 59.9 Å². The number of nitrogens with one attached hydrogen (secondary N) is 1. The van der Waals surface area contributed by atoms with Crippen LogP contribution in [0, 0.1) is 6.92 Å². The fraction of sp³-hybridized carbons (Fsp3) is 0.167. The van der Waals surface area contributed by atoms with Gasteiger partial charge in [0.1, 0.15) is 0 Å². The van der Waals surface area contributed by atoms with Gasteiger partial charge in [0.15, 0.2) is 5.65 Å². The van der Waals surface area contributed by atoms with E-state index in [9.17, 15) is 18.0 Å². The second kappa shape index (κ2) is 6.62. The van der Waals surface area contributed by atoms with Crippen LogP contribution in [0.25, 0.3) is 16.7 Å². The molecule has 0 saturated carbocycles. The molecule has 134 valence electrons. The van der Waals surface area contributed by atoms with E-state index in [2.05, 4.69) is 15.4 Å². The highest BCUT2D eigenvalue weighted by Crippen LogP contribution is 2.30. The zero-order valence-electron chi connectivity index (χ0n) is 14.0. The minimum atomic E-state index is -4.39. The molecule has 0 aliphatic carbocycles. The molecule has 1 N–H and O–H groups in total. The molecule has 1 aromatic carbocycles. The summed E-state index contributed by atoms with van der Waals surface area (Å²) in [5.41, 5.74) is 1.39. The Balaban J connectivity index is 1.99. The number of alkyl halides is 3. The SMILES string of the molecule is C/C=C/C(=O)Nc1cnc2c(c1)c(C)nn2-c1ccc(C(F)(F)F)cc1. The van der Waals surface area contributed by atoms with Crippen molar-refractivity contribution in [2.45, 2.75) is 20.0 Å². The number of rotatable bonds is 3. The molecule has 3 aromatic rings. The molecule has 0 fully saturated rings. The van der Waals surface area contributed by atoms with Crippen LogP contribution in [0.5, 0.6) is 0 Å². The average Bonchev–Trinajstić information content (AvgIpc) is 2.91. The third-order valence-corrected chi connectivity index (χ3v) is 3.73. The Labute approximate surface area is 147 Å². The number of anilines is 1. The first-order valence-electron chi connectivity index (χ1n) is 7.76. The summed E-state index contributed by atoms with van der Waals surface area (Å²) in [5.74, 6) is -0.276. The van der Waals surface area contributed by atoms with Crippen LogP contribution in [0.2, 0.25) is 0 Å². The van der Waals surface area contributed by atoms with Gasteiger partial charge in [-0.2, -0.15) is 18.3 Å². The van der Waals surface area contributed by atoms with E-state index in [1.807, 2.05) is 0 Å². The van der Waals surface area contributed by atoms with Gasteiger partial charge in [0.25, 0.3) is 0 Å². The Bertz CT molecular complexity index is 988. The van der Waals surface area contributed by atoms with E-state index in [4.69, 9.17) is 0 Å². The molecule has 0 aliphatic rings. The summed E-state index contributed by atoms with van der Waals surface area (Å²) >= 11 is 0. The second-order valence-corrected chi connectivity index (χ2v) is 5.63. The van der Waals surface area contributed by atoms with Gasteiger partial charge in [-0.25, -0.2) is 9.67 Å². The minimum absolute atomic E-state index is 0.276. The maximum absolute atomic E-state index is 12.7. The molecule has 8 heteroatoms. The van der Waals surface area contributed by atoms with Gasteiger partial charge in [0, 0.05) is 5.39 Å². The predicted octanol–water partition coefficient (Wildman–Crippen LogP) is 4.26. The smallest absolute Gasteiger partial charge is 0.321 e. The molecule has 5 nitrogen and oxygen atoms in total. The van der Waals surface area contributed by atoms with E-state index in [1.54, 1.807) is 26.0 Å². The lowest BCUT2D eigenvalue weighted by Crippen LogP contribution is -2.08. The Hall–Kier alpha value is -3.16. The van der Waals surface area contributed by atoms with Gasteiger partial charge in [-0.15, -0.1) is 0 Å². The third-order valence-electron chi connectivity index (χ3n) is 3.73.